The Kier molecular flexibility index (Phi) is 4.22. The van der Waals surface area contributed by atoms with Crippen LogP contribution >= 0.6 is 11.6 Å². The molecule has 1 saturated carbocycles. The fourth-order valence-corrected chi connectivity index (χ4v) is 2.39. The molecule has 0 saturated heterocycles. The number of benzene rings is 1. The van der Waals surface area contributed by atoms with Gasteiger partial charge in [0.2, 0.25) is 0 Å². The summed E-state index contributed by atoms with van der Waals surface area (Å²) in [5.74, 6) is 6.97. The summed E-state index contributed by atoms with van der Waals surface area (Å²) in [5, 5.41) is 3.87. The smallest absolute Gasteiger partial charge is 0.0813 e. The number of hydrogen-bond acceptors (Lipinski definition) is 3. The second kappa shape index (κ2) is 6.29. The first kappa shape index (κ1) is 14.7. The molecule has 1 heterocycles. The zero-order chi connectivity index (χ0) is 15.5. The first-order valence-electron chi connectivity index (χ1n) is 7.40. The lowest BCUT2D eigenvalue weighted by Gasteiger charge is -2.11. The summed E-state index contributed by atoms with van der Waals surface area (Å²) >= 11 is 6.35. The first-order valence-corrected chi connectivity index (χ1v) is 7.78. The average molecular weight is 312 g/mol. The van der Waals surface area contributed by atoms with Crippen molar-refractivity contribution >= 4 is 23.0 Å². The van der Waals surface area contributed by atoms with Crippen LogP contribution in [0.15, 0.2) is 30.5 Å². The molecule has 0 radical (unpaired) electrons. The number of rotatable bonds is 3. The average Bonchev–Trinajstić information content (AvgIpc) is 3.32. The number of aromatic nitrogens is 1. The third-order valence-electron chi connectivity index (χ3n) is 3.70. The largest absolute Gasteiger partial charge is 0.396 e. The second-order valence-electron chi connectivity index (χ2n) is 5.65. The molecule has 0 atom stereocenters. The number of pyridine rings is 1. The number of nitrogens with two attached hydrogens (primary N) is 1. The third-order valence-corrected chi connectivity index (χ3v) is 4.10. The topological polar surface area (TPSA) is 50.9 Å². The molecule has 0 aliphatic heterocycles. The van der Waals surface area contributed by atoms with E-state index in [1.54, 1.807) is 6.20 Å². The van der Waals surface area contributed by atoms with Crippen molar-refractivity contribution in [3.63, 3.8) is 0 Å². The summed E-state index contributed by atoms with van der Waals surface area (Å²) in [7, 11) is 0. The molecule has 0 amide bonds. The van der Waals surface area contributed by atoms with Crippen LogP contribution in [0.2, 0.25) is 5.02 Å². The minimum Gasteiger partial charge on any atom is -0.396 e. The monoisotopic (exact) mass is 311 g/mol. The molecule has 2 aromatic rings. The maximum Gasteiger partial charge on any atom is 0.0813 e. The standard InChI is InChI=1S/C18H18ClN3/c1-12-10-13(8-9-21-12)4-5-15-6-7-16(18(20)17(15)19)22-11-14-2-3-14/h6-10,14,22H,2-3,11,20H2,1H3. The van der Waals surface area contributed by atoms with Crippen molar-refractivity contribution in [1.82, 2.24) is 4.98 Å². The maximum atomic E-state index is 6.35. The lowest BCUT2D eigenvalue weighted by atomic mass is 10.1. The van der Waals surface area contributed by atoms with E-state index in [2.05, 4.69) is 22.1 Å². The molecule has 0 unspecified atom stereocenters. The number of halogens is 1. The van der Waals surface area contributed by atoms with Crippen molar-refractivity contribution in [2.45, 2.75) is 19.8 Å². The number of anilines is 2. The molecule has 1 aliphatic carbocycles. The van der Waals surface area contributed by atoms with Gasteiger partial charge in [-0.3, -0.25) is 4.98 Å². The lowest BCUT2D eigenvalue weighted by molar-refractivity contribution is 0.890. The van der Waals surface area contributed by atoms with E-state index in [0.717, 1.165) is 35.0 Å². The zero-order valence-corrected chi connectivity index (χ0v) is 13.2. The Labute approximate surface area is 135 Å². The Balaban J connectivity index is 1.81. The summed E-state index contributed by atoms with van der Waals surface area (Å²) in [5.41, 5.74) is 10.2. The van der Waals surface area contributed by atoms with Gasteiger partial charge in [0, 0.05) is 29.6 Å². The van der Waals surface area contributed by atoms with Gasteiger partial charge in [-0.25, -0.2) is 0 Å². The van der Waals surface area contributed by atoms with Crippen molar-refractivity contribution in [2.75, 3.05) is 17.6 Å². The van der Waals surface area contributed by atoms with E-state index in [1.165, 1.54) is 12.8 Å². The quantitative estimate of drug-likeness (QED) is 0.668. The van der Waals surface area contributed by atoms with Crippen LogP contribution in [0.3, 0.4) is 0 Å². The van der Waals surface area contributed by atoms with Gasteiger partial charge < -0.3 is 11.1 Å². The fraction of sp³-hybridized carbons (Fsp3) is 0.278. The molecule has 1 aliphatic rings. The molecule has 3 nitrogen and oxygen atoms in total. The Bertz CT molecular complexity index is 755. The summed E-state index contributed by atoms with van der Waals surface area (Å²) in [6.45, 7) is 2.90. The van der Waals surface area contributed by atoms with Gasteiger partial charge in [0.15, 0.2) is 0 Å². The molecule has 0 spiro atoms. The predicted molar refractivity (Wildman–Crippen MR) is 92.0 cm³/mol. The van der Waals surface area contributed by atoms with E-state index < -0.39 is 0 Å². The summed E-state index contributed by atoms with van der Waals surface area (Å²) < 4.78 is 0. The van der Waals surface area contributed by atoms with Crippen LogP contribution in [0, 0.1) is 24.7 Å². The summed E-state index contributed by atoms with van der Waals surface area (Å²) in [6.07, 6.45) is 4.35. The van der Waals surface area contributed by atoms with E-state index in [1.807, 2.05) is 31.2 Å². The fourth-order valence-electron chi connectivity index (χ4n) is 2.18. The van der Waals surface area contributed by atoms with E-state index in [4.69, 9.17) is 17.3 Å². The van der Waals surface area contributed by atoms with Gasteiger partial charge in [0.05, 0.1) is 16.4 Å². The number of nitrogens with one attached hydrogen (secondary N) is 1. The van der Waals surface area contributed by atoms with Gasteiger partial charge in [-0.15, -0.1) is 0 Å². The molecule has 0 bridgehead atoms. The highest BCUT2D eigenvalue weighted by atomic mass is 35.5. The van der Waals surface area contributed by atoms with Crippen LogP contribution < -0.4 is 11.1 Å². The SMILES string of the molecule is Cc1cc(C#Cc2ccc(NCC3CC3)c(N)c2Cl)ccn1. The number of nitrogens with zero attached hydrogens (tertiary/aromatic N) is 1. The van der Waals surface area contributed by atoms with E-state index >= 15 is 0 Å². The summed E-state index contributed by atoms with van der Waals surface area (Å²) in [6, 6.07) is 7.68. The molecule has 3 rings (SSSR count). The Hall–Kier alpha value is -2.18. The van der Waals surface area contributed by atoms with Crippen molar-refractivity contribution < 1.29 is 0 Å². The van der Waals surface area contributed by atoms with Gasteiger partial charge in [-0.2, -0.15) is 0 Å². The predicted octanol–water partition coefficient (Wildman–Crippen LogP) is 3.85. The minimum atomic E-state index is 0.513. The Morgan fingerprint density at radius 1 is 1.32 bits per heavy atom. The molecule has 1 fully saturated rings. The molecular formula is C18H18ClN3. The number of hydrogen-bond donors (Lipinski definition) is 2. The van der Waals surface area contributed by atoms with Crippen LogP contribution in [0.4, 0.5) is 11.4 Å². The summed E-state index contributed by atoms with van der Waals surface area (Å²) in [4.78, 5) is 4.16. The molecule has 22 heavy (non-hydrogen) atoms. The molecular weight excluding hydrogens is 294 g/mol. The van der Waals surface area contributed by atoms with Crippen LogP contribution in [-0.2, 0) is 0 Å². The first-order chi connectivity index (χ1) is 10.6. The van der Waals surface area contributed by atoms with Gasteiger partial charge >= 0.3 is 0 Å². The van der Waals surface area contributed by atoms with Gasteiger partial charge in [-0.05, 0) is 49.9 Å². The Morgan fingerprint density at radius 3 is 2.86 bits per heavy atom. The zero-order valence-electron chi connectivity index (χ0n) is 12.5. The van der Waals surface area contributed by atoms with Gasteiger partial charge in [0.25, 0.3) is 0 Å². The molecule has 1 aromatic carbocycles. The highest BCUT2D eigenvalue weighted by molar-refractivity contribution is 6.35. The van der Waals surface area contributed by atoms with Crippen molar-refractivity contribution in [3.05, 3.63) is 52.3 Å². The number of aryl methyl sites for hydroxylation is 1. The molecule has 4 heteroatoms. The highest BCUT2D eigenvalue weighted by Gasteiger charge is 2.21. The minimum absolute atomic E-state index is 0.513. The second-order valence-corrected chi connectivity index (χ2v) is 6.03. The Morgan fingerprint density at radius 2 is 2.14 bits per heavy atom. The van der Waals surface area contributed by atoms with Crippen LogP contribution in [0.5, 0.6) is 0 Å². The van der Waals surface area contributed by atoms with Crippen molar-refractivity contribution in [1.29, 1.82) is 0 Å². The normalized spacial score (nSPS) is 13.4. The van der Waals surface area contributed by atoms with E-state index in [9.17, 15) is 0 Å². The van der Waals surface area contributed by atoms with Gasteiger partial charge in [0.1, 0.15) is 0 Å². The van der Waals surface area contributed by atoms with Crippen LogP contribution in [0.1, 0.15) is 29.7 Å². The lowest BCUT2D eigenvalue weighted by Crippen LogP contribution is -2.06. The highest BCUT2D eigenvalue weighted by Crippen LogP contribution is 2.33. The van der Waals surface area contributed by atoms with Crippen LogP contribution in [-0.4, -0.2) is 11.5 Å². The van der Waals surface area contributed by atoms with Gasteiger partial charge in [-0.1, -0.05) is 23.4 Å². The number of nitrogen functional groups attached to an aromatic ring is 1. The van der Waals surface area contributed by atoms with Crippen molar-refractivity contribution in [2.24, 2.45) is 5.92 Å². The van der Waals surface area contributed by atoms with Crippen molar-refractivity contribution in [3.8, 4) is 11.8 Å². The van der Waals surface area contributed by atoms with Crippen LogP contribution in [0.25, 0.3) is 0 Å². The third kappa shape index (κ3) is 3.52. The molecule has 1 aromatic heterocycles. The van der Waals surface area contributed by atoms with E-state index in [0.29, 0.717) is 10.7 Å². The van der Waals surface area contributed by atoms with E-state index in [-0.39, 0.29) is 0 Å². The molecule has 3 N–H and O–H groups in total. The maximum absolute atomic E-state index is 6.35. The molecule has 112 valence electrons.